The van der Waals surface area contributed by atoms with Crippen LogP contribution in [0.4, 0.5) is 0 Å². The normalized spacial score (nSPS) is 20.7. The molecule has 3 heteroatoms. The van der Waals surface area contributed by atoms with Crippen LogP contribution in [-0.4, -0.2) is 12.2 Å². The van der Waals surface area contributed by atoms with Crippen LogP contribution in [0.3, 0.4) is 0 Å². The molecule has 2 aliphatic rings. The highest BCUT2D eigenvalue weighted by Gasteiger charge is 2.41. The third-order valence-corrected chi connectivity index (χ3v) is 3.89. The van der Waals surface area contributed by atoms with Crippen LogP contribution in [0.1, 0.15) is 43.2 Å². The van der Waals surface area contributed by atoms with Crippen LogP contribution < -0.4 is 4.74 Å². The molecule has 0 heterocycles. The van der Waals surface area contributed by atoms with Crippen LogP contribution in [0, 0.1) is 6.92 Å². The summed E-state index contributed by atoms with van der Waals surface area (Å²) in [6.07, 6.45) is 7.34. The van der Waals surface area contributed by atoms with E-state index in [4.69, 9.17) is 4.74 Å². The van der Waals surface area contributed by atoms with Gasteiger partial charge in [0.2, 0.25) is 6.08 Å². The Morgan fingerprint density at radius 3 is 2.72 bits per heavy atom. The molecular weight excluding hydrogens is 226 g/mol. The molecule has 0 atom stereocenters. The molecule has 0 radical (unpaired) electrons. The second-order valence-electron chi connectivity index (χ2n) is 5.41. The van der Waals surface area contributed by atoms with Gasteiger partial charge in [0.15, 0.2) is 0 Å². The first kappa shape index (κ1) is 11.5. The van der Waals surface area contributed by atoms with E-state index in [1.165, 1.54) is 5.56 Å². The van der Waals surface area contributed by atoms with Crippen molar-refractivity contribution in [2.24, 2.45) is 4.99 Å². The van der Waals surface area contributed by atoms with E-state index in [9.17, 15) is 4.79 Å². The fraction of sp³-hybridized carbons (Fsp3) is 0.533. The molecule has 1 aromatic carbocycles. The van der Waals surface area contributed by atoms with Crippen molar-refractivity contribution < 1.29 is 9.53 Å². The summed E-state index contributed by atoms with van der Waals surface area (Å²) in [4.78, 5) is 14.8. The Morgan fingerprint density at radius 1 is 1.39 bits per heavy atom. The van der Waals surface area contributed by atoms with E-state index >= 15 is 0 Å². The van der Waals surface area contributed by atoms with Gasteiger partial charge in [-0.3, -0.25) is 0 Å². The van der Waals surface area contributed by atoms with Crippen LogP contribution in [-0.2, 0) is 10.3 Å². The Kier molecular flexibility index (Phi) is 2.71. The molecular formula is C15H17NO2. The lowest BCUT2D eigenvalue weighted by Crippen LogP contribution is -2.32. The van der Waals surface area contributed by atoms with Gasteiger partial charge in [0.1, 0.15) is 11.3 Å². The number of nitrogens with zero attached hydrogens (tertiary/aromatic N) is 1. The van der Waals surface area contributed by atoms with E-state index in [1.807, 2.05) is 6.07 Å². The molecule has 18 heavy (non-hydrogen) atoms. The molecule has 3 rings (SSSR count). The number of aliphatic imine (C=N–C) groups is 1. The molecule has 3 nitrogen and oxygen atoms in total. The Morgan fingerprint density at radius 2 is 2.17 bits per heavy atom. The lowest BCUT2D eigenvalue weighted by Gasteiger charge is -2.38. The number of carbonyl (C=O) groups excluding carboxylic acids is 1. The zero-order valence-electron chi connectivity index (χ0n) is 10.6. The zero-order chi connectivity index (χ0) is 12.6. The smallest absolute Gasteiger partial charge is 0.235 e. The molecule has 0 unspecified atom stereocenters. The fourth-order valence-corrected chi connectivity index (χ4v) is 2.52. The first-order chi connectivity index (χ1) is 8.73. The van der Waals surface area contributed by atoms with Crippen molar-refractivity contribution in [1.29, 1.82) is 0 Å². The third kappa shape index (κ3) is 1.95. The van der Waals surface area contributed by atoms with Gasteiger partial charge in [-0.05, 0) is 51.2 Å². The predicted molar refractivity (Wildman–Crippen MR) is 68.5 cm³/mol. The average molecular weight is 243 g/mol. The third-order valence-electron chi connectivity index (χ3n) is 3.89. The molecule has 0 aromatic heterocycles. The largest absolute Gasteiger partial charge is 0.490 e. The molecule has 0 aliphatic heterocycles. The van der Waals surface area contributed by atoms with Crippen molar-refractivity contribution in [2.45, 2.75) is 50.7 Å². The van der Waals surface area contributed by atoms with Gasteiger partial charge in [0.25, 0.3) is 0 Å². The molecule has 2 saturated carbocycles. The quantitative estimate of drug-likeness (QED) is 0.601. The number of benzene rings is 1. The van der Waals surface area contributed by atoms with Crippen molar-refractivity contribution in [2.75, 3.05) is 0 Å². The summed E-state index contributed by atoms with van der Waals surface area (Å²) in [6, 6.07) is 6.18. The maximum absolute atomic E-state index is 10.7. The van der Waals surface area contributed by atoms with Gasteiger partial charge in [-0.2, -0.15) is 4.99 Å². The molecule has 0 spiro atoms. The van der Waals surface area contributed by atoms with Gasteiger partial charge in [0, 0.05) is 5.56 Å². The molecule has 2 fully saturated rings. The summed E-state index contributed by atoms with van der Waals surface area (Å²) in [6.45, 7) is 2.06. The lowest BCUT2D eigenvalue weighted by molar-refractivity contribution is 0.233. The number of ether oxygens (including phenoxy) is 1. The van der Waals surface area contributed by atoms with E-state index < -0.39 is 0 Å². The van der Waals surface area contributed by atoms with Gasteiger partial charge < -0.3 is 4.74 Å². The van der Waals surface area contributed by atoms with Crippen LogP contribution in [0.15, 0.2) is 23.2 Å². The Hall–Kier alpha value is -1.60. The number of aryl methyl sites for hydroxylation is 1. The molecule has 0 N–H and O–H groups in total. The second kappa shape index (κ2) is 4.25. The predicted octanol–water partition coefficient (Wildman–Crippen LogP) is 3.25. The summed E-state index contributed by atoms with van der Waals surface area (Å²) < 4.78 is 5.95. The first-order valence-corrected chi connectivity index (χ1v) is 6.60. The van der Waals surface area contributed by atoms with Crippen molar-refractivity contribution in [1.82, 2.24) is 0 Å². The number of isocyanates is 1. The summed E-state index contributed by atoms with van der Waals surface area (Å²) in [5.74, 6) is 0.904. The average Bonchev–Trinajstić information content (AvgIpc) is 3.10. The van der Waals surface area contributed by atoms with Gasteiger partial charge in [-0.15, -0.1) is 0 Å². The van der Waals surface area contributed by atoms with Crippen LogP contribution in [0.25, 0.3) is 0 Å². The molecule has 0 bridgehead atoms. The Balaban J connectivity index is 2.01. The van der Waals surface area contributed by atoms with Gasteiger partial charge >= 0.3 is 0 Å². The van der Waals surface area contributed by atoms with E-state index in [0.717, 1.165) is 43.4 Å². The highest BCUT2D eigenvalue weighted by Crippen LogP contribution is 2.49. The van der Waals surface area contributed by atoms with E-state index in [1.54, 1.807) is 6.08 Å². The SMILES string of the molecule is Cc1ccc(OC2CC2)c(C2(N=C=O)CCC2)c1. The fourth-order valence-electron chi connectivity index (χ4n) is 2.52. The summed E-state index contributed by atoms with van der Waals surface area (Å²) in [5, 5.41) is 0. The zero-order valence-corrected chi connectivity index (χ0v) is 10.6. The van der Waals surface area contributed by atoms with Gasteiger partial charge in [-0.1, -0.05) is 11.6 Å². The van der Waals surface area contributed by atoms with E-state index in [-0.39, 0.29) is 5.54 Å². The Bertz CT molecular complexity index is 509. The topological polar surface area (TPSA) is 38.7 Å². The highest BCUT2D eigenvalue weighted by molar-refractivity contribution is 5.47. The molecule has 0 amide bonds. The highest BCUT2D eigenvalue weighted by atomic mass is 16.5. The van der Waals surface area contributed by atoms with Gasteiger partial charge in [-0.25, -0.2) is 4.79 Å². The lowest BCUT2D eigenvalue weighted by atomic mass is 9.72. The maximum Gasteiger partial charge on any atom is 0.235 e. The molecule has 2 aliphatic carbocycles. The van der Waals surface area contributed by atoms with Crippen molar-refractivity contribution in [3.8, 4) is 5.75 Å². The standard InChI is InChI=1S/C15H17NO2/c1-11-3-6-14(18-12-4-5-12)13(9-11)15(16-10-17)7-2-8-15/h3,6,9,12H,2,4-5,7-8H2,1H3. The van der Waals surface area contributed by atoms with Crippen LogP contribution in [0.2, 0.25) is 0 Å². The maximum atomic E-state index is 10.7. The molecule has 1 aromatic rings. The summed E-state index contributed by atoms with van der Waals surface area (Å²) in [5.41, 5.74) is 1.89. The number of hydrogen-bond donors (Lipinski definition) is 0. The van der Waals surface area contributed by atoms with Crippen molar-refractivity contribution in [3.63, 3.8) is 0 Å². The van der Waals surface area contributed by atoms with Crippen LogP contribution in [0.5, 0.6) is 5.75 Å². The number of rotatable bonds is 4. The summed E-state index contributed by atoms with van der Waals surface area (Å²) >= 11 is 0. The summed E-state index contributed by atoms with van der Waals surface area (Å²) in [7, 11) is 0. The molecule has 94 valence electrons. The minimum absolute atomic E-state index is 0.363. The van der Waals surface area contributed by atoms with Crippen molar-refractivity contribution >= 4 is 6.08 Å². The number of hydrogen-bond acceptors (Lipinski definition) is 3. The Labute approximate surface area is 107 Å². The molecule has 0 saturated heterocycles. The van der Waals surface area contributed by atoms with E-state index in [0.29, 0.717) is 6.10 Å². The van der Waals surface area contributed by atoms with Gasteiger partial charge in [0.05, 0.1) is 6.10 Å². The second-order valence-corrected chi connectivity index (χ2v) is 5.41. The van der Waals surface area contributed by atoms with E-state index in [2.05, 4.69) is 24.0 Å². The van der Waals surface area contributed by atoms with Crippen LogP contribution >= 0.6 is 0 Å². The minimum Gasteiger partial charge on any atom is -0.490 e. The first-order valence-electron chi connectivity index (χ1n) is 6.60. The minimum atomic E-state index is -0.363. The monoisotopic (exact) mass is 243 g/mol. The van der Waals surface area contributed by atoms with Crippen molar-refractivity contribution in [3.05, 3.63) is 29.3 Å².